The fourth-order valence-electron chi connectivity index (χ4n) is 1.24. The minimum atomic E-state index is -0.470. The summed E-state index contributed by atoms with van der Waals surface area (Å²) in [6.45, 7) is 4.20. The number of nitro groups is 1. The number of hydrogen-bond donors (Lipinski definition) is 1. The Labute approximate surface area is 97.6 Å². The molecule has 5 nitrogen and oxygen atoms in total. The van der Waals surface area contributed by atoms with Gasteiger partial charge in [-0.15, -0.1) is 0 Å². The fraction of sp³-hybridized carbons (Fsp3) is 0.500. The molecule has 1 aromatic rings. The Hall–Kier alpha value is -1.43. The number of anilines is 1. The van der Waals surface area contributed by atoms with Gasteiger partial charge in [0, 0.05) is 12.6 Å². The molecule has 0 atom stereocenters. The van der Waals surface area contributed by atoms with E-state index in [0.717, 1.165) is 30.7 Å². The van der Waals surface area contributed by atoms with E-state index in [4.69, 9.17) is 0 Å². The SMILES string of the molecule is CCCCNc1sc([N+](=O)[O-])cc1C(C)=O. The zero-order valence-electron chi connectivity index (χ0n) is 9.28. The Kier molecular flexibility index (Phi) is 4.42. The van der Waals surface area contributed by atoms with Gasteiger partial charge in [-0.05, 0) is 24.7 Å². The molecule has 0 unspecified atom stereocenters. The number of carbonyl (C=O) groups excluding carboxylic acids is 1. The van der Waals surface area contributed by atoms with Gasteiger partial charge in [-0.2, -0.15) is 0 Å². The maximum absolute atomic E-state index is 11.3. The first-order valence-electron chi connectivity index (χ1n) is 5.09. The van der Waals surface area contributed by atoms with E-state index in [2.05, 4.69) is 12.2 Å². The third kappa shape index (κ3) is 3.03. The van der Waals surface area contributed by atoms with E-state index >= 15 is 0 Å². The summed E-state index contributed by atoms with van der Waals surface area (Å²) in [7, 11) is 0. The van der Waals surface area contributed by atoms with Crippen molar-refractivity contribution in [3.05, 3.63) is 21.7 Å². The normalized spacial score (nSPS) is 10.1. The summed E-state index contributed by atoms with van der Waals surface area (Å²) >= 11 is 1.02. The van der Waals surface area contributed by atoms with Gasteiger partial charge in [0.1, 0.15) is 5.00 Å². The zero-order chi connectivity index (χ0) is 12.1. The molecule has 0 fully saturated rings. The van der Waals surface area contributed by atoms with Crippen molar-refractivity contribution in [1.82, 2.24) is 0 Å². The molecule has 0 aromatic carbocycles. The molecule has 0 saturated heterocycles. The van der Waals surface area contributed by atoms with Gasteiger partial charge >= 0.3 is 5.00 Å². The molecule has 0 bridgehead atoms. The Morgan fingerprint density at radius 3 is 2.81 bits per heavy atom. The van der Waals surface area contributed by atoms with Gasteiger partial charge in [0.2, 0.25) is 0 Å². The number of carbonyl (C=O) groups is 1. The number of ketones is 1. The highest BCUT2D eigenvalue weighted by molar-refractivity contribution is 7.19. The topological polar surface area (TPSA) is 72.2 Å². The molecule has 0 aliphatic rings. The summed E-state index contributed by atoms with van der Waals surface area (Å²) in [5.74, 6) is -0.150. The number of thiophene rings is 1. The smallest absolute Gasteiger partial charge is 0.326 e. The minimum Gasteiger partial charge on any atom is -0.376 e. The van der Waals surface area contributed by atoms with Crippen LogP contribution in [0.5, 0.6) is 0 Å². The predicted octanol–water partition coefficient (Wildman–Crippen LogP) is 3.07. The molecule has 0 spiro atoms. The summed E-state index contributed by atoms with van der Waals surface area (Å²) in [4.78, 5) is 21.4. The van der Waals surface area contributed by atoms with Crippen LogP contribution >= 0.6 is 11.3 Å². The molecule has 0 aliphatic carbocycles. The van der Waals surface area contributed by atoms with Crippen molar-refractivity contribution in [3.8, 4) is 0 Å². The number of Topliss-reactive ketones (excluding diaryl/α,β-unsaturated/α-hetero) is 1. The molecule has 1 heterocycles. The van der Waals surface area contributed by atoms with Crippen LogP contribution < -0.4 is 5.32 Å². The largest absolute Gasteiger partial charge is 0.376 e. The quantitative estimate of drug-likeness (QED) is 0.360. The van der Waals surface area contributed by atoms with E-state index in [1.165, 1.54) is 13.0 Å². The summed E-state index contributed by atoms with van der Waals surface area (Å²) in [5, 5.41) is 14.3. The van der Waals surface area contributed by atoms with Gasteiger partial charge in [-0.1, -0.05) is 13.3 Å². The number of nitrogens with zero attached hydrogens (tertiary/aromatic N) is 1. The second kappa shape index (κ2) is 5.60. The average molecular weight is 242 g/mol. The van der Waals surface area contributed by atoms with E-state index in [9.17, 15) is 14.9 Å². The summed E-state index contributed by atoms with van der Waals surface area (Å²) < 4.78 is 0. The maximum atomic E-state index is 11.3. The van der Waals surface area contributed by atoms with Crippen LogP contribution in [0.3, 0.4) is 0 Å². The lowest BCUT2D eigenvalue weighted by atomic mass is 10.2. The van der Waals surface area contributed by atoms with Crippen LogP contribution in [-0.2, 0) is 0 Å². The lowest BCUT2D eigenvalue weighted by molar-refractivity contribution is -0.380. The van der Waals surface area contributed by atoms with Crippen LogP contribution in [0, 0.1) is 10.1 Å². The molecular formula is C10H14N2O3S. The van der Waals surface area contributed by atoms with Crippen LogP contribution in [0.25, 0.3) is 0 Å². The monoisotopic (exact) mass is 242 g/mol. The van der Waals surface area contributed by atoms with Crippen molar-refractivity contribution >= 4 is 27.1 Å². The third-order valence-electron chi connectivity index (χ3n) is 2.09. The van der Waals surface area contributed by atoms with Crippen LogP contribution in [-0.4, -0.2) is 17.3 Å². The number of hydrogen-bond acceptors (Lipinski definition) is 5. The zero-order valence-corrected chi connectivity index (χ0v) is 10.1. The minimum absolute atomic E-state index is 0.00389. The number of unbranched alkanes of at least 4 members (excludes halogenated alkanes) is 1. The van der Waals surface area contributed by atoms with Crippen molar-refractivity contribution in [2.75, 3.05) is 11.9 Å². The molecule has 0 saturated carbocycles. The molecule has 1 N–H and O–H groups in total. The van der Waals surface area contributed by atoms with E-state index in [0.29, 0.717) is 10.6 Å². The van der Waals surface area contributed by atoms with Crippen LogP contribution in [0.15, 0.2) is 6.07 Å². The van der Waals surface area contributed by atoms with Gasteiger partial charge in [0.15, 0.2) is 5.78 Å². The van der Waals surface area contributed by atoms with Gasteiger partial charge in [0.05, 0.1) is 10.5 Å². The first kappa shape index (κ1) is 12.6. The molecule has 0 aliphatic heterocycles. The first-order valence-corrected chi connectivity index (χ1v) is 5.91. The van der Waals surface area contributed by atoms with Crippen LogP contribution in [0.2, 0.25) is 0 Å². The van der Waals surface area contributed by atoms with Gasteiger partial charge in [-0.25, -0.2) is 0 Å². The highest BCUT2D eigenvalue weighted by atomic mass is 32.1. The van der Waals surface area contributed by atoms with Crippen molar-refractivity contribution in [2.45, 2.75) is 26.7 Å². The van der Waals surface area contributed by atoms with Crippen LogP contribution in [0.1, 0.15) is 37.0 Å². The Morgan fingerprint density at radius 1 is 1.62 bits per heavy atom. The second-order valence-electron chi connectivity index (χ2n) is 3.42. The van der Waals surface area contributed by atoms with E-state index in [1.54, 1.807) is 0 Å². The predicted molar refractivity (Wildman–Crippen MR) is 64.4 cm³/mol. The summed E-state index contributed by atoms with van der Waals surface area (Å²) in [6, 6.07) is 1.33. The molecule has 1 aromatic heterocycles. The van der Waals surface area contributed by atoms with Crippen molar-refractivity contribution in [2.24, 2.45) is 0 Å². The Balaban J connectivity index is 2.87. The standard InChI is InChI=1S/C10H14N2O3S/c1-3-4-5-11-10-8(7(2)13)6-9(16-10)12(14)15/h6,11H,3-5H2,1-2H3. The number of nitrogens with one attached hydrogen (secondary N) is 1. The maximum Gasteiger partial charge on any atom is 0.326 e. The first-order chi connectivity index (χ1) is 7.56. The molecule has 16 heavy (non-hydrogen) atoms. The van der Waals surface area contributed by atoms with Crippen molar-refractivity contribution in [1.29, 1.82) is 0 Å². The van der Waals surface area contributed by atoms with Crippen LogP contribution in [0.4, 0.5) is 10.0 Å². The molecular weight excluding hydrogens is 228 g/mol. The summed E-state index contributed by atoms with van der Waals surface area (Å²) in [6.07, 6.45) is 2.01. The highest BCUT2D eigenvalue weighted by Gasteiger charge is 2.18. The molecule has 88 valence electrons. The molecule has 6 heteroatoms. The molecule has 0 amide bonds. The number of rotatable bonds is 6. The average Bonchev–Trinajstić information content (AvgIpc) is 2.62. The Morgan fingerprint density at radius 2 is 2.31 bits per heavy atom. The van der Waals surface area contributed by atoms with E-state index in [1.807, 2.05) is 0 Å². The van der Waals surface area contributed by atoms with Gasteiger partial charge < -0.3 is 5.32 Å². The van der Waals surface area contributed by atoms with Crippen molar-refractivity contribution in [3.63, 3.8) is 0 Å². The highest BCUT2D eigenvalue weighted by Crippen LogP contribution is 2.33. The fourth-order valence-corrected chi connectivity index (χ4v) is 2.19. The second-order valence-corrected chi connectivity index (χ2v) is 4.45. The van der Waals surface area contributed by atoms with Crippen molar-refractivity contribution < 1.29 is 9.72 Å². The lowest BCUT2D eigenvalue weighted by Crippen LogP contribution is -2.02. The third-order valence-corrected chi connectivity index (χ3v) is 3.14. The molecule has 0 radical (unpaired) electrons. The Bertz CT molecular complexity index is 401. The van der Waals surface area contributed by atoms with Gasteiger partial charge in [-0.3, -0.25) is 14.9 Å². The van der Waals surface area contributed by atoms with Gasteiger partial charge in [0.25, 0.3) is 0 Å². The lowest BCUT2D eigenvalue weighted by Gasteiger charge is -2.03. The summed E-state index contributed by atoms with van der Waals surface area (Å²) in [5.41, 5.74) is 0.410. The van der Waals surface area contributed by atoms with E-state index in [-0.39, 0.29) is 10.8 Å². The van der Waals surface area contributed by atoms with E-state index < -0.39 is 4.92 Å². The molecule has 1 rings (SSSR count).